The van der Waals surface area contributed by atoms with Crippen molar-refractivity contribution in [3.63, 3.8) is 0 Å². The first-order chi connectivity index (χ1) is 9.50. The van der Waals surface area contributed by atoms with Gasteiger partial charge >= 0.3 is 5.97 Å². The minimum Gasteiger partial charge on any atom is -0.476 e. The zero-order chi connectivity index (χ0) is 14.7. The summed E-state index contributed by atoms with van der Waals surface area (Å²) in [6.07, 6.45) is 3.22. The van der Waals surface area contributed by atoms with Crippen LogP contribution in [0.5, 0.6) is 0 Å². The molecule has 7 nitrogen and oxygen atoms in total. The van der Waals surface area contributed by atoms with Crippen LogP contribution >= 0.6 is 0 Å². The Morgan fingerprint density at radius 2 is 1.90 bits per heavy atom. The van der Waals surface area contributed by atoms with Gasteiger partial charge in [0.2, 0.25) is 5.91 Å². The summed E-state index contributed by atoms with van der Waals surface area (Å²) in [6, 6.07) is 0. The van der Waals surface area contributed by atoms with Crippen LogP contribution in [0.25, 0.3) is 0 Å². The van der Waals surface area contributed by atoms with Gasteiger partial charge in [0, 0.05) is 13.1 Å². The van der Waals surface area contributed by atoms with Crippen molar-refractivity contribution in [2.45, 2.75) is 45.6 Å². The molecule has 1 aliphatic rings. The molecule has 0 atom stereocenters. The molecule has 20 heavy (non-hydrogen) atoms. The van der Waals surface area contributed by atoms with E-state index in [1.54, 1.807) is 0 Å². The minimum absolute atomic E-state index is 0.0200. The number of aromatic nitrogens is 3. The summed E-state index contributed by atoms with van der Waals surface area (Å²) in [5.41, 5.74) is 0.439. The molecule has 0 radical (unpaired) electrons. The van der Waals surface area contributed by atoms with Gasteiger partial charge in [0.15, 0.2) is 5.69 Å². The van der Waals surface area contributed by atoms with Crippen molar-refractivity contribution in [1.82, 2.24) is 19.9 Å². The summed E-state index contributed by atoms with van der Waals surface area (Å²) < 4.78 is 1.42. The van der Waals surface area contributed by atoms with Crippen LogP contribution in [0.4, 0.5) is 0 Å². The Bertz CT molecular complexity index is 504. The number of carboxylic acid groups (broad SMARTS) is 1. The highest BCUT2D eigenvalue weighted by atomic mass is 16.4. The number of amides is 1. The van der Waals surface area contributed by atoms with Gasteiger partial charge in [0.05, 0.1) is 5.69 Å². The van der Waals surface area contributed by atoms with E-state index < -0.39 is 5.97 Å². The van der Waals surface area contributed by atoms with E-state index in [4.69, 9.17) is 5.11 Å². The topological polar surface area (TPSA) is 88.3 Å². The SMILES string of the molecule is CC(C)c1c(C(=O)O)nnn1CC(=O)N1CCCCC1. The van der Waals surface area contributed by atoms with E-state index in [0.717, 1.165) is 32.4 Å². The number of hydrogen-bond donors (Lipinski definition) is 1. The van der Waals surface area contributed by atoms with Crippen LogP contribution in [0.3, 0.4) is 0 Å². The van der Waals surface area contributed by atoms with Crippen molar-refractivity contribution < 1.29 is 14.7 Å². The molecule has 1 N–H and O–H groups in total. The number of carbonyl (C=O) groups excluding carboxylic acids is 1. The van der Waals surface area contributed by atoms with E-state index in [-0.39, 0.29) is 24.1 Å². The highest BCUT2D eigenvalue weighted by molar-refractivity contribution is 5.86. The molecule has 1 aromatic heterocycles. The van der Waals surface area contributed by atoms with Crippen LogP contribution < -0.4 is 0 Å². The maximum atomic E-state index is 12.2. The van der Waals surface area contributed by atoms with Gasteiger partial charge in [-0.3, -0.25) is 4.79 Å². The summed E-state index contributed by atoms with van der Waals surface area (Å²) in [5.74, 6) is -1.18. The summed E-state index contributed by atoms with van der Waals surface area (Å²) in [4.78, 5) is 25.1. The fourth-order valence-corrected chi connectivity index (χ4v) is 2.53. The quantitative estimate of drug-likeness (QED) is 0.892. The second kappa shape index (κ2) is 6.02. The second-order valence-corrected chi connectivity index (χ2v) is 5.38. The van der Waals surface area contributed by atoms with Crippen molar-refractivity contribution in [3.8, 4) is 0 Å². The molecule has 1 fully saturated rings. The van der Waals surface area contributed by atoms with Crippen molar-refractivity contribution in [2.75, 3.05) is 13.1 Å². The Labute approximate surface area is 117 Å². The van der Waals surface area contributed by atoms with Crippen LogP contribution in [0.15, 0.2) is 0 Å². The zero-order valence-electron chi connectivity index (χ0n) is 11.9. The highest BCUT2D eigenvalue weighted by Gasteiger charge is 2.24. The van der Waals surface area contributed by atoms with Gasteiger partial charge in [-0.1, -0.05) is 19.1 Å². The second-order valence-electron chi connectivity index (χ2n) is 5.38. The molecule has 1 amide bonds. The first-order valence-corrected chi connectivity index (χ1v) is 6.95. The summed E-state index contributed by atoms with van der Waals surface area (Å²) >= 11 is 0. The molecule has 0 aromatic carbocycles. The minimum atomic E-state index is -1.11. The van der Waals surface area contributed by atoms with Crippen LogP contribution in [-0.4, -0.2) is 50.0 Å². The third-order valence-corrected chi connectivity index (χ3v) is 3.52. The number of likely N-dealkylation sites (tertiary alicyclic amines) is 1. The number of carboxylic acids is 1. The van der Waals surface area contributed by atoms with Gasteiger partial charge in [0.25, 0.3) is 0 Å². The maximum Gasteiger partial charge on any atom is 0.358 e. The number of aromatic carboxylic acids is 1. The normalized spacial score (nSPS) is 15.7. The molecular weight excluding hydrogens is 260 g/mol. The fraction of sp³-hybridized carbons (Fsp3) is 0.692. The predicted octanol–water partition coefficient (Wildman–Crippen LogP) is 1.11. The summed E-state index contributed by atoms with van der Waals surface area (Å²) in [7, 11) is 0. The molecule has 7 heteroatoms. The van der Waals surface area contributed by atoms with E-state index in [1.807, 2.05) is 18.7 Å². The Morgan fingerprint density at radius 3 is 2.45 bits per heavy atom. The Hall–Kier alpha value is -1.92. The van der Waals surface area contributed by atoms with Crippen LogP contribution in [0, 0.1) is 0 Å². The van der Waals surface area contributed by atoms with Crippen LogP contribution in [0.2, 0.25) is 0 Å². The van der Waals surface area contributed by atoms with Crippen molar-refractivity contribution in [3.05, 3.63) is 11.4 Å². The molecule has 1 aromatic rings. The van der Waals surface area contributed by atoms with Crippen LogP contribution in [-0.2, 0) is 11.3 Å². The molecule has 2 rings (SSSR count). The smallest absolute Gasteiger partial charge is 0.358 e. The molecular formula is C13H20N4O3. The van der Waals surface area contributed by atoms with E-state index in [0.29, 0.717) is 5.69 Å². The number of hydrogen-bond acceptors (Lipinski definition) is 4. The highest BCUT2D eigenvalue weighted by Crippen LogP contribution is 2.18. The van der Waals surface area contributed by atoms with Gasteiger partial charge in [-0.05, 0) is 25.2 Å². The molecule has 2 heterocycles. The average molecular weight is 280 g/mol. The first-order valence-electron chi connectivity index (χ1n) is 6.95. The number of nitrogens with zero attached hydrogens (tertiary/aromatic N) is 4. The van der Waals surface area contributed by atoms with Crippen molar-refractivity contribution in [2.24, 2.45) is 0 Å². The fourth-order valence-electron chi connectivity index (χ4n) is 2.53. The Balaban J connectivity index is 2.16. The molecule has 0 bridgehead atoms. The van der Waals surface area contributed by atoms with E-state index >= 15 is 0 Å². The van der Waals surface area contributed by atoms with E-state index in [1.165, 1.54) is 4.68 Å². The molecule has 1 aliphatic heterocycles. The lowest BCUT2D eigenvalue weighted by atomic mass is 10.1. The lowest BCUT2D eigenvalue weighted by Gasteiger charge is -2.26. The summed E-state index contributed by atoms with van der Waals surface area (Å²) in [6.45, 7) is 5.35. The standard InChI is InChI=1S/C13H20N4O3/c1-9(2)12-11(13(19)20)14-15-17(12)8-10(18)16-6-4-3-5-7-16/h9H,3-8H2,1-2H3,(H,19,20). The average Bonchev–Trinajstić information content (AvgIpc) is 2.83. The van der Waals surface area contributed by atoms with Gasteiger partial charge in [-0.25, -0.2) is 9.48 Å². The van der Waals surface area contributed by atoms with E-state index in [9.17, 15) is 9.59 Å². The van der Waals surface area contributed by atoms with Crippen molar-refractivity contribution >= 4 is 11.9 Å². The van der Waals surface area contributed by atoms with Gasteiger partial charge in [-0.2, -0.15) is 0 Å². The largest absolute Gasteiger partial charge is 0.476 e. The number of carbonyl (C=O) groups is 2. The third-order valence-electron chi connectivity index (χ3n) is 3.52. The molecule has 0 unspecified atom stereocenters. The van der Waals surface area contributed by atoms with Gasteiger partial charge in [-0.15, -0.1) is 5.10 Å². The molecule has 0 spiro atoms. The van der Waals surface area contributed by atoms with E-state index in [2.05, 4.69) is 10.3 Å². The lowest BCUT2D eigenvalue weighted by Crippen LogP contribution is -2.38. The summed E-state index contributed by atoms with van der Waals surface area (Å²) in [5, 5.41) is 16.6. The number of piperidine rings is 1. The molecule has 0 aliphatic carbocycles. The lowest BCUT2D eigenvalue weighted by molar-refractivity contribution is -0.133. The third kappa shape index (κ3) is 2.97. The Morgan fingerprint density at radius 1 is 1.25 bits per heavy atom. The van der Waals surface area contributed by atoms with Crippen molar-refractivity contribution in [1.29, 1.82) is 0 Å². The maximum absolute atomic E-state index is 12.2. The Kier molecular flexibility index (Phi) is 4.36. The predicted molar refractivity (Wildman–Crippen MR) is 71.5 cm³/mol. The number of rotatable bonds is 4. The van der Waals surface area contributed by atoms with Gasteiger partial charge in [0.1, 0.15) is 6.54 Å². The molecule has 0 saturated carbocycles. The zero-order valence-corrected chi connectivity index (χ0v) is 11.9. The van der Waals surface area contributed by atoms with Crippen LogP contribution in [0.1, 0.15) is 55.2 Å². The monoisotopic (exact) mass is 280 g/mol. The first kappa shape index (κ1) is 14.5. The molecule has 1 saturated heterocycles. The molecule has 110 valence electrons. The van der Waals surface area contributed by atoms with Gasteiger partial charge < -0.3 is 10.0 Å².